The van der Waals surface area contributed by atoms with E-state index < -0.39 is 0 Å². The highest BCUT2D eigenvalue weighted by molar-refractivity contribution is 5.76. The fourth-order valence-electron chi connectivity index (χ4n) is 6.83. The number of fused-ring (bicyclic) bond motifs is 5. The van der Waals surface area contributed by atoms with E-state index in [2.05, 4.69) is 31.2 Å². The average molecular weight is 461 g/mol. The highest BCUT2D eigenvalue weighted by Crippen LogP contribution is 2.44. The lowest BCUT2D eigenvalue weighted by atomic mass is 9.76. The van der Waals surface area contributed by atoms with Gasteiger partial charge in [0.15, 0.2) is 0 Å². The van der Waals surface area contributed by atoms with Gasteiger partial charge in [0.25, 0.3) is 0 Å². The van der Waals surface area contributed by atoms with E-state index in [1.54, 1.807) is 18.2 Å². The van der Waals surface area contributed by atoms with Crippen molar-refractivity contribution in [2.24, 2.45) is 29.6 Å². The second kappa shape index (κ2) is 12.0. The summed E-state index contributed by atoms with van der Waals surface area (Å²) in [6.45, 7) is 9.97. The van der Waals surface area contributed by atoms with Gasteiger partial charge in [-0.1, -0.05) is 57.9 Å². The Morgan fingerprint density at radius 1 is 0.824 bits per heavy atom. The molecule has 1 aromatic rings. The Labute approximate surface area is 207 Å². The highest BCUT2D eigenvalue weighted by atomic mass is 16.3. The first-order chi connectivity index (χ1) is 16.6. The Balaban J connectivity index is 1.64. The molecule has 3 bridgehead atoms. The monoisotopic (exact) mass is 460 g/mol. The van der Waals surface area contributed by atoms with Gasteiger partial charge in [0.05, 0.1) is 11.4 Å². The van der Waals surface area contributed by atoms with Crippen LogP contribution in [-0.2, 0) is 12.8 Å². The van der Waals surface area contributed by atoms with Crippen LogP contribution < -0.4 is 0 Å². The van der Waals surface area contributed by atoms with Crippen molar-refractivity contribution in [2.75, 3.05) is 0 Å². The normalized spacial score (nSPS) is 31.1. The minimum Gasteiger partial charge on any atom is -0.507 e. The van der Waals surface area contributed by atoms with Crippen molar-refractivity contribution in [1.82, 2.24) is 10.2 Å². The molecule has 4 rings (SSSR count). The molecule has 0 aliphatic heterocycles. The standard InChI is InChI=1S/C31H44N2O/c1-4-6-28(31(34)7-5-2)30-21-27-18-13-24-12-17-26-16-11-23(20-24)10-15-25(26)14-8-22(3)9-19-29(27)32-33-30/h4-7,21-26,34H,1-2,8-20H2,3H3/b28-6-,31-7+. The molecule has 34 heavy (non-hydrogen) atoms. The van der Waals surface area contributed by atoms with E-state index in [0.29, 0.717) is 5.57 Å². The van der Waals surface area contributed by atoms with E-state index in [-0.39, 0.29) is 5.76 Å². The van der Waals surface area contributed by atoms with E-state index in [4.69, 9.17) is 5.10 Å². The van der Waals surface area contributed by atoms with Crippen molar-refractivity contribution in [3.05, 3.63) is 66.2 Å². The summed E-state index contributed by atoms with van der Waals surface area (Å²) >= 11 is 0. The fraction of sp³-hybridized carbons (Fsp3) is 0.613. The van der Waals surface area contributed by atoms with Gasteiger partial charge in [0.1, 0.15) is 5.76 Å². The van der Waals surface area contributed by atoms with Crippen LogP contribution in [0.4, 0.5) is 0 Å². The molecule has 0 saturated heterocycles. The van der Waals surface area contributed by atoms with Gasteiger partial charge in [-0.3, -0.25) is 0 Å². The summed E-state index contributed by atoms with van der Waals surface area (Å²) in [4.78, 5) is 0. The summed E-state index contributed by atoms with van der Waals surface area (Å²) in [6, 6.07) is 2.18. The predicted molar refractivity (Wildman–Crippen MR) is 142 cm³/mol. The Morgan fingerprint density at radius 2 is 1.47 bits per heavy atom. The molecule has 2 fully saturated rings. The molecule has 3 heteroatoms. The molecule has 0 aromatic carbocycles. The van der Waals surface area contributed by atoms with Crippen molar-refractivity contribution in [3.63, 3.8) is 0 Å². The van der Waals surface area contributed by atoms with Crippen LogP contribution >= 0.6 is 0 Å². The van der Waals surface area contributed by atoms with Crippen LogP contribution in [0.5, 0.6) is 0 Å². The summed E-state index contributed by atoms with van der Waals surface area (Å²) in [7, 11) is 0. The molecule has 5 atom stereocenters. The topological polar surface area (TPSA) is 46.0 Å². The SMILES string of the molecule is C=C/C=C(\C(O)=C/C=C)c1cc2c(nn1)CCC(C)CCC1CCC3CCC1CCC(CC2)C3. The lowest BCUT2D eigenvalue weighted by Gasteiger charge is -2.30. The maximum Gasteiger partial charge on any atom is 0.125 e. The second-order valence-corrected chi connectivity index (χ2v) is 11.3. The van der Waals surface area contributed by atoms with Crippen LogP contribution in [0.2, 0.25) is 0 Å². The smallest absolute Gasteiger partial charge is 0.125 e. The molecule has 3 nitrogen and oxygen atoms in total. The molecule has 0 amide bonds. The number of aliphatic hydroxyl groups excluding tert-OH is 1. The van der Waals surface area contributed by atoms with Gasteiger partial charge in [0, 0.05) is 5.57 Å². The Hall–Kier alpha value is -2.16. The first kappa shape index (κ1) is 24.9. The fourth-order valence-corrected chi connectivity index (χ4v) is 6.83. The summed E-state index contributed by atoms with van der Waals surface area (Å²) in [5.74, 6) is 4.59. The van der Waals surface area contributed by atoms with Crippen LogP contribution in [0.3, 0.4) is 0 Å². The van der Waals surface area contributed by atoms with Crippen molar-refractivity contribution in [2.45, 2.75) is 90.4 Å². The first-order valence-corrected chi connectivity index (χ1v) is 13.8. The molecule has 1 N–H and O–H groups in total. The van der Waals surface area contributed by atoms with Crippen LogP contribution in [-0.4, -0.2) is 15.3 Å². The molecule has 1 heterocycles. The lowest BCUT2D eigenvalue weighted by Crippen LogP contribution is -2.19. The lowest BCUT2D eigenvalue weighted by molar-refractivity contribution is 0.222. The number of hydrogen-bond acceptors (Lipinski definition) is 3. The number of hydrogen-bond donors (Lipinski definition) is 1. The van der Waals surface area contributed by atoms with Crippen LogP contribution in [0.15, 0.2) is 49.3 Å². The largest absolute Gasteiger partial charge is 0.507 e. The van der Waals surface area contributed by atoms with Gasteiger partial charge in [-0.2, -0.15) is 10.2 Å². The van der Waals surface area contributed by atoms with Crippen LogP contribution in [0, 0.1) is 29.6 Å². The highest BCUT2D eigenvalue weighted by Gasteiger charge is 2.32. The minimum atomic E-state index is 0.153. The number of allylic oxidation sites excluding steroid dienone is 5. The maximum atomic E-state index is 10.6. The zero-order valence-electron chi connectivity index (χ0n) is 21.2. The number of aryl methyl sites for hydroxylation is 2. The molecule has 0 spiro atoms. The van der Waals surface area contributed by atoms with E-state index >= 15 is 0 Å². The van der Waals surface area contributed by atoms with Crippen molar-refractivity contribution < 1.29 is 5.11 Å². The minimum absolute atomic E-state index is 0.153. The van der Waals surface area contributed by atoms with Gasteiger partial charge >= 0.3 is 0 Å². The third-order valence-electron chi connectivity index (χ3n) is 8.97. The number of rotatable bonds is 4. The number of nitrogens with zero attached hydrogens (tertiary/aromatic N) is 2. The molecular formula is C31H44N2O. The van der Waals surface area contributed by atoms with E-state index in [0.717, 1.165) is 53.8 Å². The van der Waals surface area contributed by atoms with Crippen molar-refractivity contribution in [1.29, 1.82) is 0 Å². The maximum absolute atomic E-state index is 10.6. The van der Waals surface area contributed by atoms with Crippen molar-refractivity contribution >= 4 is 5.57 Å². The summed E-state index contributed by atoms with van der Waals surface area (Å²) in [6.07, 6.45) is 24.1. The molecule has 1 aromatic heterocycles. The zero-order valence-corrected chi connectivity index (χ0v) is 21.2. The van der Waals surface area contributed by atoms with Crippen LogP contribution in [0.1, 0.15) is 94.5 Å². The van der Waals surface area contributed by atoms with Gasteiger partial charge in [-0.05, 0) is 111 Å². The van der Waals surface area contributed by atoms with E-state index in [1.165, 1.54) is 76.2 Å². The molecular weight excluding hydrogens is 416 g/mol. The Kier molecular flexibility index (Phi) is 8.80. The summed E-state index contributed by atoms with van der Waals surface area (Å²) in [5.41, 5.74) is 3.85. The van der Waals surface area contributed by atoms with Gasteiger partial charge in [0.2, 0.25) is 0 Å². The molecule has 5 unspecified atom stereocenters. The Morgan fingerprint density at radius 3 is 2.15 bits per heavy atom. The molecule has 0 radical (unpaired) electrons. The summed E-state index contributed by atoms with van der Waals surface area (Å²) in [5, 5.41) is 19.8. The van der Waals surface area contributed by atoms with Gasteiger partial charge in [-0.25, -0.2) is 0 Å². The quantitative estimate of drug-likeness (QED) is 0.364. The molecule has 3 aliphatic carbocycles. The van der Waals surface area contributed by atoms with E-state index in [9.17, 15) is 5.11 Å². The first-order valence-electron chi connectivity index (χ1n) is 13.8. The average Bonchev–Trinajstić information content (AvgIpc) is 2.97. The Bertz CT molecular complexity index is 914. The van der Waals surface area contributed by atoms with E-state index in [1.807, 2.05) is 6.08 Å². The molecule has 184 valence electrons. The number of aliphatic hydroxyl groups is 1. The van der Waals surface area contributed by atoms with Gasteiger partial charge in [-0.15, -0.1) is 0 Å². The second-order valence-electron chi connectivity index (χ2n) is 11.3. The third-order valence-corrected chi connectivity index (χ3v) is 8.97. The molecule has 2 saturated carbocycles. The van der Waals surface area contributed by atoms with Crippen molar-refractivity contribution in [3.8, 4) is 0 Å². The summed E-state index contributed by atoms with van der Waals surface area (Å²) < 4.78 is 0. The zero-order chi connectivity index (χ0) is 23.9. The van der Waals surface area contributed by atoms with Crippen LogP contribution in [0.25, 0.3) is 5.57 Å². The third kappa shape index (κ3) is 6.29. The number of aromatic nitrogens is 2. The molecule has 3 aliphatic rings. The predicted octanol–water partition coefficient (Wildman–Crippen LogP) is 8.19. The van der Waals surface area contributed by atoms with Gasteiger partial charge < -0.3 is 5.11 Å².